The molecule has 3 saturated heterocycles. The first-order valence-corrected chi connectivity index (χ1v) is 11.2. The van der Waals surface area contributed by atoms with E-state index in [0.717, 1.165) is 17.7 Å². The molecule has 3 amide bonds. The van der Waals surface area contributed by atoms with Gasteiger partial charge in [-0.25, -0.2) is 4.90 Å². The van der Waals surface area contributed by atoms with Gasteiger partial charge in [-0.15, -0.1) is 0 Å². The first-order chi connectivity index (χ1) is 15.4. The molecule has 4 aliphatic heterocycles. The highest BCUT2D eigenvalue weighted by Crippen LogP contribution is 2.61. The number of methoxy groups -OCH3 is 1. The van der Waals surface area contributed by atoms with Gasteiger partial charge in [-0.2, -0.15) is 0 Å². The lowest BCUT2D eigenvalue weighted by atomic mass is 9.75. The van der Waals surface area contributed by atoms with Crippen LogP contribution < -0.4 is 15.0 Å². The molecule has 0 aliphatic carbocycles. The lowest BCUT2D eigenvalue weighted by Crippen LogP contribution is -2.54. The third-order valence-electron chi connectivity index (χ3n) is 7.35. The van der Waals surface area contributed by atoms with Crippen LogP contribution in [0.1, 0.15) is 18.4 Å². The Balaban J connectivity index is 1.57. The van der Waals surface area contributed by atoms with Crippen LogP contribution in [0, 0.1) is 11.8 Å². The topological polar surface area (TPSA) is 79.0 Å². The van der Waals surface area contributed by atoms with E-state index in [1.165, 1.54) is 6.07 Å². The lowest BCUT2D eigenvalue weighted by molar-refractivity contribution is -0.135. The van der Waals surface area contributed by atoms with Crippen molar-refractivity contribution in [2.45, 2.75) is 24.4 Å². The van der Waals surface area contributed by atoms with E-state index in [1.54, 1.807) is 37.4 Å². The molecule has 0 aromatic heterocycles. The quantitative estimate of drug-likeness (QED) is 0.678. The Hall–Kier alpha value is -2.61. The third-order valence-corrected chi connectivity index (χ3v) is 7.90. The number of imide groups is 1. The summed E-state index contributed by atoms with van der Waals surface area (Å²) < 4.78 is 5.42. The summed E-state index contributed by atoms with van der Waals surface area (Å²) in [5.41, 5.74) is 0.318. The highest BCUT2D eigenvalue weighted by atomic mass is 35.5. The number of nitrogens with zero attached hydrogens (tertiary/aromatic N) is 2. The molecule has 0 radical (unpaired) electrons. The molecule has 4 aliphatic rings. The first-order valence-electron chi connectivity index (χ1n) is 10.5. The average molecular weight is 472 g/mol. The number of nitrogens with one attached hydrogen (secondary N) is 1. The molecular weight excluding hydrogens is 453 g/mol. The van der Waals surface area contributed by atoms with E-state index in [2.05, 4.69) is 10.2 Å². The molecule has 6 rings (SSSR count). The summed E-state index contributed by atoms with van der Waals surface area (Å²) >= 11 is 12.5. The Morgan fingerprint density at radius 3 is 2.69 bits per heavy atom. The van der Waals surface area contributed by atoms with E-state index in [0.29, 0.717) is 28.6 Å². The number of amides is 3. The number of hydrogen-bond donors (Lipinski definition) is 1. The molecule has 7 nitrogen and oxygen atoms in total. The van der Waals surface area contributed by atoms with E-state index in [-0.39, 0.29) is 28.6 Å². The van der Waals surface area contributed by atoms with E-state index in [1.807, 2.05) is 0 Å². The Bertz CT molecular complexity index is 1220. The second-order valence-corrected chi connectivity index (χ2v) is 9.49. The summed E-state index contributed by atoms with van der Waals surface area (Å²) in [6.07, 6.45) is 1.59. The van der Waals surface area contributed by atoms with Crippen molar-refractivity contribution >= 4 is 52.3 Å². The molecule has 3 fully saturated rings. The summed E-state index contributed by atoms with van der Waals surface area (Å²) in [5.74, 6) is -1.94. The maximum atomic E-state index is 13.9. The number of carbonyl (C=O) groups is 3. The molecule has 1 N–H and O–H groups in total. The van der Waals surface area contributed by atoms with Crippen LogP contribution in [0.25, 0.3) is 0 Å². The molecule has 164 valence electrons. The van der Waals surface area contributed by atoms with Crippen LogP contribution >= 0.6 is 23.2 Å². The zero-order valence-corrected chi connectivity index (χ0v) is 18.6. The fourth-order valence-corrected chi connectivity index (χ4v) is 6.57. The zero-order chi connectivity index (χ0) is 22.4. The molecule has 0 saturated carbocycles. The largest absolute Gasteiger partial charge is 0.497 e. The highest BCUT2D eigenvalue weighted by molar-refractivity contribution is 6.38. The third kappa shape index (κ3) is 2.28. The standard InChI is InChI=1S/C23H19Cl2N3O4/c1-32-12-5-7-15-13(10-12)23(22(31)26-15)19-18(16-3-2-8-27(16)23)20(29)28(21(19)30)17-9-11(24)4-6-14(17)25/h4-7,9-10,16,18-19H,2-3,8H2,1H3,(H,26,31)/t16-,18-,19-,23-/m1/s1. The number of fused-ring (bicyclic) bond motifs is 7. The molecule has 32 heavy (non-hydrogen) atoms. The van der Waals surface area contributed by atoms with Gasteiger partial charge >= 0.3 is 0 Å². The molecule has 4 heterocycles. The van der Waals surface area contributed by atoms with Crippen LogP contribution in [-0.2, 0) is 19.9 Å². The van der Waals surface area contributed by atoms with Gasteiger partial charge in [0.15, 0.2) is 0 Å². The monoisotopic (exact) mass is 471 g/mol. The molecule has 4 atom stereocenters. The van der Waals surface area contributed by atoms with E-state index >= 15 is 0 Å². The summed E-state index contributed by atoms with van der Waals surface area (Å²) in [7, 11) is 1.56. The summed E-state index contributed by atoms with van der Waals surface area (Å²) in [4.78, 5) is 44.5. The van der Waals surface area contributed by atoms with Crippen molar-refractivity contribution in [3.63, 3.8) is 0 Å². The van der Waals surface area contributed by atoms with Gasteiger partial charge in [0, 0.05) is 22.3 Å². The van der Waals surface area contributed by atoms with Gasteiger partial charge in [0.25, 0.3) is 0 Å². The van der Waals surface area contributed by atoms with Crippen molar-refractivity contribution in [2.75, 3.05) is 23.9 Å². The summed E-state index contributed by atoms with van der Waals surface area (Å²) in [6, 6.07) is 9.84. The minimum Gasteiger partial charge on any atom is -0.497 e. The van der Waals surface area contributed by atoms with Gasteiger partial charge in [-0.05, 0) is 55.8 Å². The molecule has 0 bridgehead atoms. The van der Waals surface area contributed by atoms with Crippen LogP contribution in [-0.4, -0.2) is 42.3 Å². The van der Waals surface area contributed by atoms with Gasteiger partial charge in [0.1, 0.15) is 11.3 Å². The fourth-order valence-electron chi connectivity index (χ4n) is 6.20. The molecule has 2 aromatic rings. The Kier molecular flexibility index (Phi) is 4.19. The second-order valence-electron chi connectivity index (χ2n) is 8.65. The normalized spacial score (nSPS) is 30.7. The van der Waals surface area contributed by atoms with E-state index in [9.17, 15) is 14.4 Å². The molecule has 1 spiro atoms. The Labute approximate surface area is 194 Å². The Morgan fingerprint density at radius 2 is 1.91 bits per heavy atom. The van der Waals surface area contributed by atoms with Crippen molar-refractivity contribution in [3.05, 3.63) is 52.0 Å². The van der Waals surface area contributed by atoms with Crippen LogP contribution in [0.3, 0.4) is 0 Å². The van der Waals surface area contributed by atoms with Crippen LogP contribution in [0.2, 0.25) is 10.0 Å². The summed E-state index contributed by atoms with van der Waals surface area (Å²) in [5, 5.41) is 3.58. The molecule has 2 aromatic carbocycles. The lowest BCUT2D eigenvalue weighted by Gasteiger charge is -2.36. The molecular formula is C23H19Cl2N3O4. The smallest absolute Gasteiger partial charge is 0.250 e. The maximum absolute atomic E-state index is 13.9. The fraction of sp³-hybridized carbons (Fsp3) is 0.348. The van der Waals surface area contributed by atoms with Crippen molar-refractivity contribution in [1.82, 2.24) is 4.90 Å². The number of benzene rings is 2. The number of carbonyl (C=O) groups excluding carboxylic acids is 3. The Morgan fingerprint density at radius 1 is 1.09 bits per heavy atom. The first kappa shape index (κ1) is 20.0. The van der Waals surface area contributed by atoms with E-state index < -0.39 is 23.3 Å². The summed E-state index contributed by atoms with van der Waals surface area (Å²) in [6.45, 7) is 0.639. The number of rotatable bonds is 2. The van der Waals surface area contributed by atoms with Gasteiger partial charge in [-0.1, -0.05) is 23.2 Å². The zero-order valence-electron chi connectivity index (χ0n) is 17.1. The second kappa shape index (κ2) is 6.70. The van der Waals surface area contributed by atoms with Gasteiger partial charge < -0.3 is 10.1 Å². The van der Waals surface area contributed by atoms with Crippen molar-refractivity contribution in [1.29, 1.82) is 0 Å². The predicted molar refractivity (Wildman–Crippen MR) is 119 cm³/mol. The van der Waals surface area contributed by atoms with Crippen LogP contribution in [0.15, 0.2) is 36.4 Å². The van der Waals surface area contributed by atoms with Crippen molar-refractivity contribution in [3.8, 4) is 5.75 Å². The van der Waals surface area contributed by atoms with Gasteiger partial charge in [0.2, 0.25) is 17.7 Å². The number of halogens is 2. The van der Waals surface area contributed by atoms with Crippen molar-refractivity contribution in [2.24, 2.45) is 11.8 Å². The van der Waals surface area contributed by atoms with Crippen LogP contribution in [0.4, 0.5) is 11.4 Å². The van der Waals surface area contributed by atoms with Crippen molar-refractivity contribution < 1.29 is 19.1 Å². The van der Waals surface area contributed by atoms with Crippen LogP contribution in [0.5, 0.6) is 5.75 Å². The number of ether oxygens (including phenoxy) is 1. The predicted octanol–water partition coefficient (Wildman–Crippen LogP) is 3.43. The number of anilines is 2. The maximum Gasteiger partial charge on any atom is 0.250 e. The minimum atomic E-state index is -1.26. The van der Waals surface area contributed by atoms with E-state index in [4.69, 9.17) is 27.9 Å². The molecule has 9 heteroatoms. The minimum absolute atomic E-state index is 0.206. The van der Waals surface area contributed by atoms with Gasteiger partial charge in [0.05, 0.1) is 29.7 Å². The number of hydrogen-bond acceptors (Lipinski definition) is 5. The highest BCUT2D eigenvalue weighted by Gasteiger charge is 2.74. The molecule has 0 unspecified atom stereocenters. The average Bonchev–Trinajstić information content (AvgIpc) is 3.48. The SMILES string of the molecule is COc1ccc2c(c1)[C@]1(C(=O)N2)[C@H]2C(=O)N(c3cc(Cl)ccc3Cl)C(=O)[C@@H]2[C@H]2CCCN21. The van der Waals surface area contributed by atoms with Gasteiger partial charge in [-0.3, -0.25) is 19.3 Å².